The Kier molecular flexibility index (Phi) is 4.45. The molecule has 0 aromatic carbocycles. The molecule has 1 heterocycles. The number of amides is 1. The maximum atomic E-state index is 10.9. The second-order valence-electron chi connectivity index (χ2n) is 3.65. The van der Waals surface area contributed by atoms with E-state index < -0.39 is 15.9 Å². The summed E-state index contributed by atoms with van der Waals surface area (Å²) < 4.78 is 21.4. The van der Waals surface area contributed by atoms with Crippen LogP contribution in [-0.4, -0.2) is 31.6 Å². The number of nitrogens with two attached hydrogens (primary N) is 3. The molecule has 1 aromatic heterocycles. The molecule has 0 bridgehead atoms. The summed E-state index contributed by atoms with van der Waals surface area (Å²) in [6, 6.07) is 2.91. The van der Waals surface area contributed by atoms with Crippen molar-refractivity contribution in [2.45, 2.75) is 6.42 Å². The zero-order valence-corrected chi connectivity index (χ0v) is 10.4. The minimum Gasteiger partial charge on any atom is -0.396 e. The molecule has 9 heteroatoms. The summed E-state index contributed by atoms with van der Waals surface area (Å²) in [5, 5.41) is 7.67. The van der Waals surface area contributed by atoms with Gasteiger partial charge in [0.15, 0.2) is 0 Å². The lowest BCUT2D eigenvalue weighted by Gasteiger charge is -2.08. The molecule has 1 aromatic rings. The average molecular weight is 273 g/mol. The Morgan fingerprint density at radius 1 is 1.39 bits per heavy atom. The number of pyridine rings is 1. The number of hydrogen-bond donors (Lipinski definition) is 4. The van der Waals surface area contributed by atoms with Crippen molar-refractivity contribution in [1.82, 2.24) is 4.98 Å². The average Bonchev–Trinajstić information content (AvgIpc) is 2.24. The van der Waals surface area contributed by atoms with Gasteiger partial charge in [-0.1, -0.05) is 0 Å². The lowest BCUT2D eigenvalue weighted by molar-refractivity contribution is 0.0995. The highest BCUT2D eigenvalue weighted by molar-refractivity contribution is 7.89. The van der Waals surface area contributed by atoms with Crippen LogP contribution in [0.15, 0.2) is 12.1 Å². The molecule has 0 aliphatic heterocycles. The first kappa shape index (κ1) is 14.2. The van der Waals surface area contributed by atoms with Crippen molar-refractivity contribution < 1.29 is 13.2 Å². The standard InChI is InChI=1S/C9H15N5O3S/c10-6-2-3-7(8(11)15)14-9(6)13-4-1-5-18(12,16)17/h2-3H,1,4-5,10H2,(H2,11,15)(H,13,14)(H2,12,16,17). The highest BCUT2D eigenvalue weighted by atomic mass is 32.2. The zero-order valence-electron chi connectivity index (χ0n) is 9.59. The Morgan fingerprint density at radius 2 is 2.06 bits per heavy atom. The van der Waals surface area contributed by atoms with E-state index in [1.165, 1.54) is 12.1 Å². The van der Waals surface area contributed by atoms with Crippen LogP contribution >= 0.6 is 0 Å². The van der Waals surface area contributed by atoms with Gasteiger partial charge >= 0.3 is 0 Å². The molecule has 100 valence electrons. The molecule has 1 amide bonds. The van der Waals surface area contributed by atoms with Gasteiger partial charge in [0, 0.05) is 6.54 Å². The number of nitrogens with zero attached hydrogens (tertiary/aromatic N) is 1. The minimum atomic E-state index is -3.48. The number of sulfonamides is 1. The first-order valence-electron chi connectivity index (χ1n) is 5.10. The number of primary amides is 1. The SMILES string of the molecule is NC(=O)c1ccc(N)c(NCCCS(N)(=O)=O)n1. The molecule has 0 radical (unpaired) electrons. The zero-order chi connectivity index (χ0) is 13.8. The summed E-state index contributed by atoms with van der Waals surface area (Å²) in [5.74, 6) is -0.515. The summed E-state index contributed by atoms with van der Waals surface area (Å²) in [5.41, 5.74) is 11.1. The molecule has 0 saturated carbocycles. The quantitative estimate of drug-likeness (QED) is 0.480. The van der Waals surface area contributed by atoms with Crippen molar-refractivity contribution in [2.75, 3.05) is 23.3 Å². The minimum absolute atomic E-state index is 0.0816. The first-order valence-corrected chi connectivity index (χ1v) is 6.82. The van der Waals surface area contributed by atoms with Gasteiger partial charge in [-0.15, -0.1) is 0 Å². The van der Waals surface area contributed by atoms with Gasteiger partial charge in [-0.25, -0.2) is 18.5 Å². The number of carbonyl (C=O) groups excluding carboxylic acids is 1. The summed E-state index contributed by atoms with van der Waals surface area (Å²) in [6.07, 6.45) is 0.306. The molecular weight excluding hydrogens is 258 g/mol. The number of carbonyl (C=O) groups is 1. The Hall–Kier alpha value is -1.87. The molecular formula is C9H15N5O3S. The van der Waals surface area contributed by atoms with Crippen LogP contribution in [0.25, 0.3) is 0 Å². The number of aromatic nitrogens is 1. The number of hydrogen-bond acceptors (Lipinski definition) is 6. The van der Waals surface area contributed by atoms with E-state index in [2.05, 4.69) is 10.3 Å². The van der Waals surface area contributed by atoms with Crippen LogP contribution in [0.1, 0.15) is 16.9 Å². The summed E-state index contributed by atoms with van der Waals surface area (Å²) >= 11 is 0. The van der Waals surface area contributed by atoms with E-state index >= 15 is 0 Å². The Balaban J connectivity index is 2.61. The Labute approximate surface area is 105 Å². The Bertz CT molecular complexity index is 543. The summed E-state index contributed by atoms with van der Waals surface area (Å²) in [4.78, 5) is 14.8. The van der Waals surface area contributed by atoms with Crippen LogP contribution in [0.2, 0.25) is 0 Å². The second kappa shape index (κ2) is 5.65. The van der Waals surface area contributed by atoms with Crippen LogP contribution in [0, 0.1) is 0 Å². The van der Waals surface area contributed by atoms with Gasteiger partial charge < -0.3 is 16.8 Å². The number of primary sulfonamides is 1. The molecule has 0 aliphatic carbocycles. The molecule has 7 N–H and O–H groups in total. The molecule has 8 nitrogen and oxygen atoms in total. The number of anilines is 2. The van der Waals surface area contributed by atoms with E-state index in [-0.39, 0.29) is 11.4 Å². The van der Waals surface area contributed by atoms with E-state index in [1.54, 1.807) is 0 Å². The van der Waals surface area contributed by atoms with Crippen LogP contribution < -0.4 is 21.9 Å². The van der Waals surface area contributed by atoms with Crippen LogP contribution in [0.4, 0.5) is 11.5 Å². The molecule has 0 spiro atoms. The predicted molar refractivity (Wildman–Crippen MR) is 68.2 cm³/mol. The fraction of sp³-hybridized carbons (Fsp3) is 0.333. The molecule has 0 saturated heterocycles. The Morgan fingerprint density at radius 3 is 2.61 bits per heavy atom. The van der Waals surface area contributed by atoms with Crippen molar-refractivity contribution in [3.63, 3.8) is 0 Å². The van der Waals surface area contributed by atoms with E-state index in [9.17, 15) is 13.2 Å². The third-order valence-corrected chi connectivity index (χ3v) is 2.93. The maximum Gasteiger partial charge on any atom is 0.267 e. The highest BCUT2D eigenvalue weighted by Crippen LogP contribution is 2.15. The molecule has 18 heavy (non-hydrogen) atoms. The predicted octanol–water partition coefficient (Wildman–Crippen LogP) is -1.15. The fourth-order valence-electron chi connectivity index (χ4n) is 1.23. The van der Waals surface area contributed by atoms with Gasteiger partial charge in [0.1, 0.15) is 11.5 Å². The molecule has 0 unspecified atom stereocenters. The van der Waals surface area contributed by atoms with E-state index in [1.807, 2.05) is 0 Å². The van der Waals surface area contributed by atoms with Crippen molar-refractivity contribution in [1.29, 1.82) is 0 Å². The third-order valence-electron chi connectivity index (χ3n) is 2.08. The maximum absolute atomic E-state index is 10.9. The molecule has 0 atom stereocenters. The van der Waals surface area contributed by atoms with Gasteiger partial charge in [0.05, 0.1) is 11.4 Å². The lowest BCUT2D eigenvalue weighted by atomic mass is 10.3. The van der Waals surface area contributed by atoms with Gasteiger partial charge in [-0.2, -0.15) is 0 Å². The topological polar surface area (TPSA) is 154 Å². The molecule has 0 aliphatic rings. The summed E-state index contributed by atoms with van der Waals surface area (Å²) in [6.45, 7) is 0.315. The normalized spacial score (nSPS) is 11.2. The van der Waals surface area contributed by atoms with Crippen molar-refractivity contribution in [2.24, 2.45) is 10.9 Å². The third kappa shape index (κ3) is 4.55. The largest absolute Gasteiger partial charge is 0.396 e. The first-order chi connectivity index (χ1) is 8.29. The van der Waals surface area contributed by atoms with Crippen molar-refractivity contribution >= 4 is 27.4 Å². The molecule has 1 rings (SSSR count). The second-order valence-corrected chi connectivity index (χ2v) is 5.38. The van der Waals surface area contributed by atoms with E-state index in [0.717, 1.165) is 0 Å². The summed E-state index contributed by atoms with van der Waals surface area (Å²) in [7, 11) is -3.48. The van der Waals surface area contributed by atoms with Crippen molar-refractivity contribution in [3.8, 4) is 0 Å². The van der Waals surface area contributed by atoms with Gasteiger partial charge in [-0.3, -0.25) is 4.79 Å². The number of nitrogen functional groups attached to an aromatic ring is 1. The van der Waals surface area contributed by atoms with Crippen LogP contribution in [-0.2, 0) is 10.0 Å². The van der Waals surface area contributed by atoms with Gasteiger partial charge in [0.25, 0.3) is 5.91 Å². The number of nitrogens with one attached hydrogen (secondary N) is 1. The van der Waals surface area contributed by atoms with Crippen LogP contribution in [0.3, 0.4) is 0 Å². The lowest BCUT2D eigenvalue weighted by Crippen LogP contribution is -2.19. The van der Waals surface area contributed by atoms with Crippen LogP contribution in [0.5, 0.6) is 0 Å². The van der Waals surface area contributed by atoms with E-state index in [4.69, 9.17) is 16.6 Å². The van der Waals surface area contributed by atoms with Gasteiger partial charge in [-0.05, 0) is 18.6 Å². The van der Waals surface area contributed by atoms with E-state index in [0.29, 0.717) is 24.5 Å². The highest BCUT2D eigenvalue weighted by Gasteiger charge is 2.07. The smallest absolute Gasteiger partial charge is 0.267 e. The fourth-order valence-corrected chi connectivity index (χ4v) is 1.78. The molecule has 0 fully saturated rings. The van der Waals surface area contributed by atoms with Crippen molar-refractivity contribution in [3.05, 3.63) is 17.8 Å². The van der Waals surface area contributed by atoms with Gasteiger partial charge in [0.2, 0.25) is 10.0 Å². The monoisotopic (exact) mass is 273 g/mol. The number of rotatable bonds is 6.